The molecule has 0 radical (unpaired) electrons. The van der Waals surface area contributed by atoms with Crippen LogP contribution in [0.5, 0.6) is 0 Å². The lowest BCUT2D eigenvalue weighted by molar-refractivity contribution is -0.161. The third kappa shape index (κ3) is 59.3. The number of carbonyl (C=O) groups excluding carboxylic acids is 2. The van der Waals surface area contributed by atoms with Crippen molar-refractivity contribution in [2.75, 3.05) is 26.4 Å². The van der Waals surface area contributed by atoms with E-state index in [1.807, 2.05) is 0 Å². The first-order valence-electron chi connectivity index (χ1n) is 29.7. The fourth-order valence-electron chi connectivity index (χ4n) is 7.70. The zero-order valence-electron chi connectivity index (χ0n) is 47.5. The van der Waals surface area contributed by atoms with Gasteiger partial charge in [0.05, 0.1) is 13.2 Å². The van der Waals surface area contributed by atoms with Gasteiger partial charge < -0.3 is 20.1 Å². The molecule has 9 nitrogen and oxygen atoms in total. The molecule has 0 aromatic carbocycles. The zero-order valence-corrected chi connectivity index (χ0v) is 48.4. The minimum Gasteiger partial charge on any atom is -0.462 e. The van der Waals surface area contributed by atoms with E-state index >= 15 is 0 Å². The average Bonchev–Trinajstić information content (AvgIpc) is 3.40. The summed E-state index contributed by atoms with van der Waals surface area (Å²) in [7, 11) is -4.40. The first kappa shape index (κ1) is 71.2. The summed E-state index contributed by atoms with van der Waals surface area (Å²) in [6.07, 6.45) is 83.7. The molecule has 0 aromatic heterocycles. The van der Waals surface area contributed by atoms with Crippen LogP contribution in [0.4, 0.5) is 0 Å². The standard InChI is InChI=1S/C65H108NO8P/c1-3-5-7-9-11-13-15-17-19-20-21-22-23-24-25-26-27-28-29-30-31-32-33-34-35-36-37-38-39-40-41-42-44-46-48-50-52-54-56-58-65(68)74-63(62-73-75(69,70)72-60-59-66)61-71-64(67)57-55-53-51-49-47-45-43-18-16-14-12-10-8-6-4-2/h5,7,11,13,17,19,21-22,24-25,27-28,30-31,33-34,36-37,39-40,42,44,63H,3-4,6,8-10,12,14-16,18,20,23,26,29,32,35,38,41,43,45-62,66H2,1-2H3,(H,69,70)/b7-5-,13-11-,19-17-,22-21-,25-24-,28-27-,31-30-,34-33-,37-36-,40-39-,44-42-. The largest absolute Gasteiger partial charge is 0.472 e. The SMILES string of the molecule is CC/C=C\C/C=C\C/C=C\C/C=C\C/C=C\C/C=C\C/C=C\C/C=C\C/C=C\C/C=C\C/C=C\CCCCCCCC(=O)OC(COC(=O)CCCCCCCCCCCCCCCCC)COP(=O)(O)OCCN. The molecule has 0 bridgehead atoms. The van der Waals surface area contributed by atoms with Crippen molar-refractivity contribution in [3.63, 3.8) is 0 Å². The van der Waals surface area contributed by atoms with Crippen molar-refractivity contribution in [1.82, 2.24) is 0 Å². The molecule has 0 aliphatic heterocycles. The van der Waals surface area contributed by atoms with Crippen LogP contribution < -0.4 is 5.73 Å². The van der Waals surface area contributed by atoms with Crippen molar-refractivity contribution in [3.8, 4) is 0 Å². The maximum Gasteiger partial charge on any atom is 0.472 e. The van der Waals surface area contributed by atoms with E-state index in [-0.39, 0.29) is 38.6 Å². The van der Waals surface area contributed by atoms with E-state index < -0.39 is 26.5 Å². The van der Waals surface area contributed by atoms with Crippen LogP contribution in [0.1, 0.15) is 232 Å². The van der Waals surface area contributed by atoms with E-state index in [1.165, 1.54) is 77.0 Å². The molecule has 0 saturated carbocycles. The van der Waals surface area contributed by atoms with Crippen molar-refractivity contribution >= 4 is 19.8 Å². The number of rotatable bonds is 54. The van der Waals surface area contributed by atoms with Gasteiger partial charge in [-0.05, 0) is 96.3 Å². The third-order valence-corrected chi connectivity index (χ3v) is 13.0. The fourth-order valence-corrected chi connectivity index (χ4v) is 8.46. The van der Waals surface area contributed by atoms with Gasteiger partial charge in [-0.25, -0.2) is 4.57 Å². The highest BCUT2D eigenvalue weighted by atomic mass is 31.2. The summed E-state index contributed by atoms with van der Waals surface area (Å²) in [6, 6.07) is 0. The van der Waals surface area contributed by atoms with Gasteiger partial charge in [-0.2, -0.15) is 0 Å². The van der Waals surface area contributed by atoms with Crippen LogP contribution in [0.25, 0.3) is 0 Å². The lowest BCUT2D eigenvalue weighted by Crippen LogP contribution is -2.29. The lowest BCUT2D eigenvalue weighted by atomic mass is 10.0. The van der Waals surface area contributed by atoms with Gasteiger partial charge in [-0.15, -0.1) is 0 Å². The fraction of sp³-hybridized carbons (Fsp3) is 0.631. The molecule has 0 amide bonds. The second kappa shape index (κ2) is 59.4. The van der Waals surface area contributed by atoms with Crippen molar-refractivity contribution in [3.05, 3.63) is 134 Å². The van der Waals surface area contributed by atoms with E-state index in [9.17, 15) is 19.0 Å². The number of phosphoric acid groups is 1. The van der Waals surface area contributed by atoms with Crippen molar-refractivity contribution in [2.24, 2.45) is 5.73 Å². The number of carbonyl (C=O) groups is 2. The predicted octanol–water partition coefficient (Wildman–Crippen LogP) is 19.0. The van der Waals surface area contributed by atoms with Crippen molar-refractivity contribution in [1.29, 1.82) is 0 Å². The Morgan fingerprint density at radius 1 is 0.413 bits per heavy atom. The molecule has 2 unspecified atom stereocenters. The molecule has 0 heterocycles. The predicted molar refractivity (Wildman–Crippen MR) is 320 cm³/mol. The number of hydrogen-bond donors (Lipinski definition) is 2. The van der Waals surface area contributed by atoms with E-state index in [4.69, 9.17) is 24.3 Å². The first-order valence-corrected chi connectivity index (χ1v) is 31.2. The molecule has 426 valence electrons. The van der Waals surface area contributed by atoms with Gasteiger partial charge in [0.15, 0.2) is 6.10 Å². The van der Waals surface area contributed by atoms with Gasteiger partial charge in [-0.1, -0.05) is 257 Å². The lowest BCUT2D eigenvalue weighted by Gasteiger charge is -2.19. The monoisotopic (exact) mass is 1060 g/mol. The summed E-state index contributed by atoms with van der Waals surface area (Å²) in [6.45, 7) is 3.60. The number of ether oxygens (including phenoxy) is 2. The van der Waals surface area contributed by atoms with Gasteiger partial charge >= 0.3 is 19.8 Å². The third-order valence-electron chi connectivity index (χ3n) is 12.1. The molecular weight excluding hydrogens is 954 g/mol. The van der Waals surface area contributed by atoms with Gasteiger partial charge in [0.2, 0.25) is 0 Å². The van der Waals surface area contributed by atoms with Crippen LogP contribution in [0, 0.1) is 0 Å². The Labute approximate surface area is 459 Å². The number of nitrogens with two attached hydrogens (primary N) is 1. The quantitative estimate of drug-likeness (QED) is 0.0264. The van der Waals surface area contributed by atoms with Gasteiger partial charge in [0.1, 0.15) is 6.61 Å². The van der Waals surface area contributed by atoms with Crippen molar-refractivity contribution < 1.29 is 37.6 Å². The molecule has 0 fully saturated rings. The van der Waals surface area contributed by atoms with Gasteiger partial charge in [-0.3, -0.25) is 18.6 Å². The minimum atomic E-state index is -4.40. The van der Waals surface area contributed by atoms with Crippen LogP contribution in [-0.4, -0.2) is 49.3 Å². The molecule has 3 N–H and O–H groups in total. The zero-order chi connectivity index (χ0) is 54.5. The second-order valence-corrected chi connectivity index (χ2v) is 20.6. The van der Waals surface area contributed by atoms with Crippen LogP contribution in [0.2, 0.25) is 0 Å². The first-order chi connectivity index (χ1) is 36.8. The van der Waals surface area contributed by atoms with Crippen LogP contribution in [0.15, 0.2) is 134 Å². The molecule has 0 aromatic rings. The summed E-state index contributed by atoms with van der Waals surface area (Å²) < 4.78 is 33.0. The summed E-state index contributed by atoms with van der Waals surface area (Å²) in [5.74, 6) is -0.854. The Bertz CT molecular complexity index is 1680. The maximum atomic E-state index is 12.7. The molecule has 0 saturated heterocycles. The molecule has 0 rings (SSSR count). The smallest absolute Gasteiger partial charge is 0.462 e. The Morgan fingerprint density at radius 2 is 0.733 bits per heavy atom. The van der Waals surface area contributed by atoms with Crippen LogP contribution in [-0.2, 0) is 32.7 Å². The average molecular weight is 1060 g/mol. The summed E-state index contributed by atoms with van der Waals surface area (Å²) >= 11 is 0. The summed E-state index contributed by atoms with van der Waals surface area (Å²) in [4.78, 5) is 35.1. The second-order valence-electron chi connectivity index (χ2n) is 19.1. The molecule has 10 heteroatoms. The van der Waals surface area contributed by atoms with E-state index in [1.54, 1.807) is 0 Å². The number of allylic oxidation sites excluding steroid dienone is 22. The van der Waals surface area contributed by atoms with Gasteiger partial charge in [0, 0.05) is 19.4 Å². The number of unbranched alkanes of at least 4 members (excludes halogenated alkanes) is 19. The Kier molecular flexibility index (Phi) is 56.3. The van der Waals surface area contributed by atoms with E-state index in [0.29, 0.717) is 6.42 Å². The number of hydrogen-bond acceptors (Lipinski definition) is 8. The highest BCUT2D eigenvalue weighted by molar-refractivity contribution is 7.47. The normalized spacial score (nSPS) is 14.0. The Balaban J connectivity index is 4.04. The highest BCUT2D eigenvalue weighted by Gasteiger charge is 2.26. The van der Waals surface area contributed by atoms with Crippen LogP contribution in [0.3, 0.4) is 0 Å². The molecule has 0 spiro atoms. The molecule has 75 heavy (non-hydrogen) atoms. The highest BCUT2D eigenvalue weighted by Crippen LogP contribution is 2.43. The molecule has 0 aliphatic carbocycles. The number of esters is 2. The Hall–Kier alpha value is -3.85. The minimum absolute atomic E-state index is 0.0446. The van der Waals surface area contributed by atoms with E-state index in [2.05, 4.69) is 148 Å². The topological polar surface area (TPSA) is 134 Å². The summed E-state index contributed by atoms with van der Waals surface area (Å²) in [5.41, 5.74) is 5.37. The van der Waals surface area contributed by atoms with Crippen molar-refractivity contribution in [2.45, 2.75) is 238 Å². The molecule has 0 aliphatic rings. The summed E-state index contributed by atoms with van der Waals surface area (Å²) in [5, 5.41) is 0. The number of phosphoric ester groups is 1. The Morgan fingerprint density at radius 3 is 1.09 bits per heavy atom. The van der Waals surface area contributed by atoms with Gasteiger partial charge in [0.25, 0.3) is 0 Å². The molecule has 2 atom stereocenters. The van der Waals surface area contributed by atoms with Crippen LogP contribution >= 0.6 is 7.82 Å². The maximum absolute atomic E-state index is 12.7. The molecular formula is C65H108NO8P. The van der Waals surface area contributed by atoms with E-state index in [0.717, 1.165) is 122 Å².